The zero-order chi connectivity index (χ0) is 27.6. The number of fused-ring (bicyclic) bond motifs is 2. The molecule has 0 radical (unpaired) electrons. The van der Waals surface area contributed by atoms with E-state index in [1.807, 2.05) is 41.8 Å². The summed E-state index contributed by atoms with van der Waals surface area (Å²) in [6.45, 7) is 2.23. The van der Waals surface area contributed by atoms with Crippen LogP contribution in [0.4, 0.5) is 5.00 Å². The second-order valence-corrected chi connectivity index (χ2v) is 9.89. The lowest BCUT2D eigenvalue weighted by atomic mass is 10.0. The zero-order valence-electron chi connectivity index (χ0n) is 21.5. The molecule has 0 bridgehead atoms. The number of thiophene rings is 1. The topological polar surface area (TPSA) is 99.3 Å². The van der Waals surface area contributed by atoms with Crippen molar-refractivity contribution in [3.63, 3.8) is 0 Å². The third-order valence-electron chi connectivity index (χ3n) is 6.61. The predicted molar refractivity (Wildman–Crippen MR) is 155 cm³/mol. The van der Waals surface area contributed by atoms with Crippen LogP contribution in [0.3, 0.4) is 0 Å². The highest BCUT2D eigenvalue weighted by Crippen LogP contribution is 2.38. The lowest BCUT2D eigenvalue weighted by molar-refractivity contribution is 0.0529. The summed E-state index contributed by atoms with van der Waals surface area (Å²) in [5, 5.41) is 14.7. The lowest BCUT2D eigenvalue weighted by Crippen LogP contribution is -2.22. The van der Waals surface area contributed by atoms with E-state index < -0.39 is 5.97 Å². The minimum Gasteiger partial charge on any atom is -0.494 e. The fourth-order valence-electron chi connectivity index (χ4n) is 4.70. The Kier molecular flexibility index (Phi) is 6.79. The van der Waals surface area contributed by atoms with Crippen LogP contribution in [0.5, 0.6) is 17.4 Å². The van der Waals surface area contributed by atoms with Crippen LogP contribution in [0.2, 0.25) is 0 Å². The molecule has 1 N–H and O–H groups in total. The van der Waals surface area contributed by atoms with Gasteiger partial charge in [-0.15, -0.1) is 11.3 Å². The first-order valence-corrected chi connectivity index (χ1v) is 13.5. The summed E-state index contributed by atoms with van der Waals surface area (Å²) in [6, 6.07) is 22.0. The van der Waals surface area contributed by atoms with E-state index in [4.69, 9.17) is 14.2 Å². The van der Waals surface area contributed by atoms with Gasteiger partial charge in [0.1, 0.15) is 10.6 Å². The summed E-state index contributed by atoms with van der Waals surface area (Å²) >= 11 is 1.30. The van der Waals surface area contributed by atoms with Gasteiger partial charge in [-0.2, -0.15) is 0 Å². The highest BCUT2D eigenvalue weighted by Gasteiger charge is 2.22. The molecule has 3 aromatic carbocycles. The maximum Gasteiger partial charge on any atom is 0.341 e. The van der Waals surface area contributed by atoms with Crippen LogP contribution < -0.4 is 15.0 Å². The van der Waals surface area contributed by atoms with Gasteiger partial charge in [-0.1, -0.05) is 54.6 Å². The van der Waals surface area contributed by atoms with Crippen LogP contribution in [0.15, 0.2) is 88.0 Å². The van der Waals surface area contributed by atoms with Gasteiger partial charge in [0, 0.05) is 27.9 Å². The summed E-state index contributed by atoms with van der Waals surface area (Å²) in [5.41, 5.74) is 2.73. The summed E-state index contributed by atoms with van der Waals surface area (Å²) in [4.78, 5) is 31.1. The molecule has 0 atom stereocenters. The van der Waals surface area contributed by atoms with Crippen LogP contribution in [-0.2, 0) is 11.3 Å². The van der Waals surface area contributed by atoms with Crippen LogP contribution in [0.1, 0.15) is 28.4 Å². The third kappa shape index (κ3) is 4.60. The van der Waals surface area contributed by atoms with E-state index in [2.05, 4.69) is 4.99 Å². The van der Waals surface area contributed by atoms with Crippen molar-refractivity contribution < 1.29 is 24.1 Å². The standard InChI is InChI=1S/C31H24N2O6S/c1-2-37-31(36)27-24(20-8-4-3-5-9-20)17-40-28(27)32-15-23-21-10-6-7-11-22(21)29(34)33(30(23)35)16-19-12-13-25-26(14-19)39-18-38-25/h3-15,17,35H,2,16,18H2,1H3/b32-15+. The molecule has 0 spiro atoms. The predicted octanol–water partition coefficient (Wildman–Crippen LogP) is 6.14. The Morgan fingerprint density at radius 2 is 1.80 bits per heavy atom. The molecule has 0 unspecified atom stereocenters. The van der Waals surface area contributed by atoms with Gasteiger partial charge in [0.2, 0.25) is 12.7 Å². The van der Waals surface area contributed by atoms with Crippen LogP contribution in [0.25, 0.3) is 21.9 Å². The minimum atomic E-state index is -0.475. The first kappa shape index (κ1) is 25.4. The summed E-state index contributed by atoms with van der Waals surface area (Å²) in [7, 11) is 0. The highest BCUT2D eigenvalue weighted by molar-refractivity contribution is 7.14. The van der Waals surface area contributed by atoms with Crippen molar-refractivity contribution in [2.24, 2.45) is 4.99 Å². The lowest BCUT2D eigenvalue weighted by Gasteiger charge is -2.14. The van der Waals surface area contributed by atoms with Crippen LogP contribution >= 0.6 is 11.3 Å². The number of carbonyl (C=O) groups excluding carboxylic acids is 1. The van der Waals surface area contributed by atoms with Gasteiger partial charge in [0.05, 0.1) is 18.7 Å². The fourth-order valence-corrected chi connectivity index (χ4v) is 5.61. The van der Waals surface area contributed by atoms with Crippen molar-refractivity contribution in [1.82, 2.24) is 4.57 Å². The highest BCUT2D eigenvalue weighted by atomic mass is 32.1. The number of aromatic hydroxyl groups is 1. The van der Waals surface area contributed by atoms with Crippen molar-refractivity contribution in [2.75, 3.05) is 13.4 Å². The van der Waals surface area contributed by atoms with E-state index in [1.165, 1.54) is 22.1 Å². The molecule has 40 heavy (non-hydrogen) atoms. The third-order valence-corrected chi connectivity index (χ3v) is 7.50. The smallest absolute Gasteiger partial charge is 0.341 e. The largest absolute Gasteiger partial charge is 0.494 e. The molecule has 1 aliphatic rings. The number of benzene rings is 3. The first-order valence-electron chi connectivity index (χ1n) is 12.7. The van der Waals surface area contributed by atoms with E-state index in [0.29, 0.717) is 38.4 Å². The van der Waals surface area contributed by atoms with Gasteiger partial charge in [-0.05, 0) is 36.2 Å². The number of carbonyl (C=O) groups is 1. The van der Waals surface area contributed by atoms with Crippen molar-refractivity contribution in [3.05, 3.63) is 105 Å². The Balaban J connectivity index is 1.45. The molecule has 0 aliphatic carbocycles. The number of esters is 1. The first-order chi connectivity index (χ1) is 19.5. The molecule has 3 heterocycles. The fraction of sp³-hybridized carbons (Fsp3) is 0.129. The van der Waals surface area contributed by atoms with E-state index in [0.717, 1.165) is 16.7 Å². The van der Waals surface area contributed by atoms with Gasteiger partial charge in [-0.25, -0.2) is 9.79 Å². The second-order valence-electron chi connectivity index (χ2n) is 9.04. The molecule has 0 saturated heterocycles. The molecular weight excluding hydrogens is 528 g/mol. The number of hydrogen-bond donors (Lipinski definition) is 1. The molecule has 2 aromatic heterocycles. The number of hydrogen-bond acceptors (Lipinski definition) is 8. The number of nitrogens with zero attached hydrogens (tertiary/aromatic N) is 2. The van der Waals surface area contributed by atoms with Gasteiger partial charge >= 0.3 is 5.97 Å². The number of rotatable bonds is 7. The van der Waals surface area contributed by atoms with Gasteiger partial charge in [-0.3, -0.25) is 9.36 Å². The molecule has 0 fully saturated rings. The van der Waals surface area contributed by atoms with E-state index in [9.17, 15) is 14.7 Å². The van der Waals surface area contributed by atoms with Crippen LogP contribution in [-0.4, -0.2) is 35.3 Å². The maximum atomic E-state index is 13.4. The molecule has 5 aromatic rings. The molecule has 8 nitrogen and oxygen atoms in total. The normalized spacial score (nSPS) is 12.3. The molecule has 0 amide bonds. The molecule has 200 valence electrons. The van der Waals surface area contributed by atoms with Crippen molar-refractivity contribution in [2.45, 2.75) is 13.5 Å². The SMILES string of the molecule is CCOC(=O)c1c(-c2ccccc2)csc1/N=C/c1c(O)n(Cc2ccc3c(c2)OCO3)c(=O)c2ccccc12. The van der Waals surface area contributed by atoms with E-state index in [1.54, 1.807) is 43.3 Å². The average molecular weight is 553 g/mol. The number of ether oxygens (including phenoxy) is 3. The number of aliphatic imine (C=N–C) groups is 1. The maximum absolute atomic E-state index is 13.4. The molecule has 0 saturated carbocycles. The molecular formula is C31H24N2O6S. The Morgan fingerprint density at radius 1 is 1.05 bits per heavy atom. The second kappa shape index (κ2) is 10.7. The Labute approximate surface area is 233 Å². The van der Waals surface area contributed by atoms with Gasteiger partial charge in [0.15, 0.2) is 11.5 Å². The quantitative estimate of drug-likeness (QED) is 0.192. The van der Waals surface area contributed by atoms with Crippen molar-refractivity contribution in [3.8, 4) is 28.5 Å². The van der Waals surface area contributed by atoms with Gasteiger partial charge in [0.25, 0.3) is 5.56 Å². The van der Waals surface area contributed by atoms with Crippen molar-refractivity contribution >= 4 is 39.3 Å². The zero-order valence-corrected chi connectivity index (χ0v) is 22.3. The van der Waals surface area contributed by atoms with Crippen molar-refractivity contribution in [1.29, 1.82) is 0 Å². The molecule has 9 heteroatoms. The van der Waals surface area contributed by atoms with Gasteiger partial charge < -0.3 is 19.3 Å². The Bertz CT molecular complexity index is 1820. The minimum absolute atomic E-state index is 0.109. The van der Waals surface area contributed by atoms with Crippen LogP contribution in [0, 0.1) is 0 Å². The monoisotopic (exact) mass is 552 g/mol. The number of aromatic nitrogens is 1. The van der Waals surface area contributed by atoms with E-state index >= 15 is 0 Å². The number of pyridine rings is 1. The van der Waals surface area contributed by atoms with E-state index in [-0.39, 0.29) is 31.4 Å². The molecule has 6 rings (SSSR count). The average Bonchev–Trinajstić information content (AvgIpc) is 3.63. The molecule has 1 aliphatic heterocycles. The Hall–Kier alpha value is -4.89. The summed E-state index contributed by atoms with van der Waals surface area (Å²) in [6.07, 6.45) is 1.50. The summed E-state index contributed by atoms with van der Waals surface area (Å²) in [5.74, 6) is 0.514. The Morgan fingerprint density at radius 3 is 2.60 bits per heavy atom. The summed E-state index contributed by atoms with van der Waals surface area (Å²) < 4.78 is 17.5.